The van der Waals surface area contributed by atoms with Gasteiger partial charge in [-0.3, -0.25) is 19.9 Å². The number of para-hydroxylation sites is 1. The average Bonchev–Trinajstić information content (AvgIpc) is 3.62. The smallest absolute Gasteiger partial charge is 0.113 e. The number of pyridine rings is 4. The van der Waals surface area contributed by atoms with Gasteiger partial charge in [-0.15, -0.1) is 0 Å². The fourth-order valence-corrected chi connectivity index (χ4v) is 7.18. The Labute approximate surface area is 254 Å². The van der Waals surface area contributed by atoms with E-state index in [1.165, 1.54) is 51.3 Å². The molecule has 6 aromatic heterocycles. The third-order valence-electron chi connectivity index (χ3n) is 8.94. The molecule has 1 aliphatic rings. The molecule has 0 saturated carbocycles. The zero-order chi connectivity index (χ0) is 29.0. The Hall–Kier alpha value is -5.62. The lowest BCUT2D eigenvalue weighted by atomic mass is 9.94. The van der Waals surface area contributed by atoms with Crippen LogP contribution in [0.4, 0.5) is 0 Å². The number of fused-ring (bicyclic) bond motifs is 7. The lowest BCUT2D eigenvalue weighted by Gasteiger charge is -2.18. The van der Waals surface area contributed by atoms with E-state index in [4.69, 9.17) is 9.97 Å². The molecule has 0 amide bonds. The Bertz CT molecular complexity index is 2330. The van der Waals surface area contributed by atoms with E-state index in [1.54, 1.807) is 0 Å². The topological polar surface area (TPSA) is 61.4 Å². The lowest BCUT2D eigenvalue weighted by molar-refractivity contribution is 0.667. The highest BCUT2D eigenvalue weighted by atomic mass is 15.0. The van der Waals surface area contributed by atoms with Crippen LogP contribution in [0.2, 0.25) is 0 Å². The highest BCUT2D eigenvalue weighted by Crippen LogP contribution is 2.44. The number of rotatable bonds is 4. The highest BCUT2D eigenvalue weighted by molar-refractivity contribution is 6.22. The molecule has 6 nitrogen and oxygen atoms in total. The van der Waals surface area contributed by atoms with Crippen molar-refractivity contribution in [1.29, 1.82) is 0 Å². The van der Waals surface area contributed by atoms with Crippen molar-refractivity contribution >= 4 is 32.7 Å². The third kappa shape index (κ3) is 3.67. The minimum absolute atomic E-state index is 0.859. The maximum atomic E-state index is 4.85. The molecule has 8 aromatic rings. The summed E-state index contributed by atoms with van der Waals surface area (Å²) < 4.78 is 4.84. The summed E-state index contributed by atoms with van der Waals surface area (Å²) in [5, 5.41) is 3.87. The SMILES string of the molecule is c1ccc(-c2ncccc2-n2c3c(c4c5c6ccccc6n(-c6cccnc6-c6ccccn6)c5ccc42)CCCC3)nc1. The van der Waals surface area contributed by atoms with Crippen molar-refractivity contribution < 1.29 is 0 Å². The summed E-state index contributed by atoms with van der Waals surface area (Å²) in [5.41, 5.74) is 12.0. The molecule has 0 N–H and O–H groups in total. The summed E-state index contributed by atoms with van der Waals surface area (Å²) >= 11 is 0. The van der Waals surface area contributed by atoms with Crippen molar-refractivity contribution in [2.45, 2.75) is 25.7 Å². The Morgan fingerprint density at radius 2 is 1.05 bits per heavy atom. The Kier molecular flexibility index (Phi) is 5.66. The highest BCUT2D eigenvalue weighted by Gasteiger charge is 2.27. The molecule has 2 aromatic carbocycles. The maximum absolute atomic E-state index is 4.85. The van der Waals surface area contributed by atoms with E-state index in [2.05, 4.69) is 67.6 Å². The molecule has 0 fully saturated rings. The van der Waals surface area contributed by atoms with Gasteiger partial charge < -0.3 is 9.13 Å². The molecule has 0 radical (unpaired) electrons. The predicted molar refractivity (Wildman–Crippen MR) is 176 cm³/mol. The van der Waals surface area contributed by atoms with E-state index in [-0.39, 0.29) is 0 Å². The summed E-state index contributed by atoms with van der Waals surface area (Å²) in [6.07, 6.45) is 11.8. The zero-order valence-corrected chi connectivity index (χ0v) is 24.1. The van der Waals surface area contributed by atoms with E-state index in [1.807, 2.05) is 73.3 Å². The molecule has 6 heteroatoms. The van der Waals surface area contributed by atoms with Crippen molar-refractivity contribution in [3.05, 3.63) is 133 Å². The second kappa shape index (κ2) is 9.99. The molecular formula is C38H28N6. The number of benzene rings is 2. The molecule has 1 aliphatic carbocycles. The minimum atomic E-state index is 0.859. The van der Waals surface area contributed by atoms with Gasteiger partial charge >= 0.3 is 0 Å². The first-order chi connectivity index (χ1) is 21.9. The summed E-state index contributed by atoms with van der Waals surface area (Å²) in [5.74, 6) is 0. The van der Waals surface area contributed by atoms with Crippen LogP contribution in [0.25, 0.3) is 66.9 Å². The van der Waals surface area contributed by atoms with Gasteiger partial charge in [0, 0.05) is 46.6 Å². The van der Waals surface area contributed by atoms with E-state index >= 15 is 0 Å². The van der Waals surface area contributed by atoms with Crippen LogP contribution in [0, 0.1) is 0 Å². The molecule has 0 spiro atoms. The van der Waals surface area contributed by atoms with Crippen molar-refractivity contribution in [3.63, 3.8) is 0 Å². The number of nitrogens with zero attached hydrogens (tertiary/aromatic N) is 6. The van der Waals surface area contributed by atoms with Gasteiger partial charge in [-0.05, 0) is 98.0 Å². The third-order valence-corrected chi connectivity index (χ3v) is 8.94. The number of hydrogen-bond acceptors (Lipinski definition) is 4. The average molecular weight is 569 g/mol. The summed E-state index contributed by atoms with van der Waals surface area (Å²) in [6, 6.07) is 33.8. The quantitative estimate of drug-likeness (QED) is 0.214. The van der Waals surface area contributed by atoms with Gasteiger partial charge in [0.25, 0.3) is 0 Å². The molecule has 0 aliphatic heterocycles. The summed E-state index contributed by atoms with van der Waals surface area (Å²) in [4.78, 5) is 19.0. The molecule has 0 saturated heterocycles. The second-order valence-corrected chi connectivity index (χ2v) is 11.3. The van der Waals surface area contributed by atoms with Crippen LogP contribution >= 0.6 is 0 Å². The molecule has 210 valence electrons. The van der Waals surface area contributed by atoms with Gasteiger partial charge in [-0.25, -0.2) is 0 Å². The molecule has 0 unspecified atom stereocenters. The van der Waals surface area contributed by atoms with E-state index in [0.717, 1.165) is 52.5 Å². The first kappa shape index (κ1) is 24.9. The molecule has 44 heavy (non-hydrogen) atoms. The van der Waals surface area contributed by atoms with E-state index in [9.17, 15) is 0 Å². The number of hydrogen-bond donors (Lipinski definition) is 0. The Balaban J connectivity index is 1.40. The molecule has 6 heterocycles. The first-order valence-electron chi connectivity index (χ1n) is 15.2. The molecule has 9 rings (SSSR count). The fraction of sp³-hybridized carbons (Fsp3) is 0.105. The van der Waals surface area contributed by atoms with Gasteiger partial charge in [0.2, 0.25) is 0 Å². The van der Waals surface area contributed by atoms with Crippen molar-refractivity contribution in [2.24, 2.45) is 0 Å². The molecular weight excluding hydrogens is 540 g/mol. The zero-order valence-electron chi connectivity index (χ0n) is 24.1. The molecule has 0 bridgehead atoms. The largest absolute Gasteiger partial charge is 0.311 e. The van der Waals surface area contributed by atoms with E-state index in [0.29, 0.717) is 0 Å². The van der Waals surface area contributed by atoms with Crippen LogP contribution in [0.1, 0.15) is 24.1 Å². The van der Waals surface area contributed by atoms with Crippen LogP contribution in [0.5, 0.6) is 0 Å². The van der Waals surface area contributed by atoms with Crippen LogP contribution in [-0.4, -0.2) is 29.1 Å². The van der Waals surface area contributed by atoms with Gasteiger partial charge in [-0.1, -0.05) is 30.3 Å². The Morgan fingerprint density at radius 3 is 1.73 bits per heavy atom. The summed E-state index contributed by atoms with van der Waals surface area (Å²) in [6.45, 7) is 0. The fourth-order valence-electron chi connectivity index (χ4n) is 7.18. The standard InChI is InChI=1S/C38H28N6/c1-3-15-29-25(11-1)35-31(43(29)33-17-9-23-41-37(33)27-13-5-7-21-39-27)19-20-32-36(35)26-12-2-4-16-30(26)44(32)34-18-10-24-42-38(34)28-14-6-8-22-40-28/h1,3,5-11,13-15,17-24H,2,4,12,16H2. The van der Waals surface area contributed by atoms with Gasteiger partial charge in [-0.2, -0.15) is 0 Å². The minimum Gasteiger partial charge on any atom is -0.311 e. The lowest BCUT2D eigenvalue weighted by Crippen LogP contribution is -2.08. The Morgan fingerprint density at radius 1 is 0.455 bits per heavy atom. The maximum Gasteiger partial charge on any atom is 0.113 e. The van der Waals surface area contributed by atoms with Crippen LogP contribution in [0.15, 0.2) is 122 Å². The second-order valence-electron chi connectivity index (χ2n) is 11.3. The van der Waals surface area contributed by atoms with Gasteiger partial charge in [0.05, 0.1) is 39.3 Å². The number of aryl methyl sites for hydroxylation is 1. The first-order valence-corrected chi connectivity index (χ1v) is 15.2. The van der Waals surface area contributed by atoms with Crippen LogP contribution in [-0.2, 0) is 12.8 Å². The monoisotopic (exact) mass is 568 g/mol. The van der Waals surface area contributed by atoms with Crippen molar-refractivity contribution in [3.8, 4) is 34.2 Å². The van der Waals surface area contributed by atoms with Crippen molar-refractivity contribution in [2.75, 3.05) is 0 Å². The van der Waals surface area contributed by atoms with Gasteiger partial charge in [0.15, 0.2) is 0 Å². The van der Waals surface area contributed by atoms with Crippen LogP contribution < -0.4 is 0 Å². The van der Waals surface area contributed by atoms with Crippen molar-refractivity contribution in [1.82, 2.24) is 29.1 Å². The van der Waals surface area contributed by atoms with Gasteiger partial charge in [0.1, 0.15) is 11.4 Å². The van der Waals surface area contributed by atoms with Crippen LogP contribution in [0.3, 0.4) is 0 Å². The predicted octanol–water partition coefficient (Wildman–Crippen LogP) is 8.52. The summed E-state index contributed by atoms with van der Waals surface area (Å²) in [7, 11) is 0. The normalized spacial score (nSPS) is 13.1. The number of aromatic nitrogens is 6. The van der Waals surface area contributed by atoms with E-state index < -0.39 is 0 Å². The molecule has 0 atom stereocenters.